The summed E-state index contributed by atoms with van der Waals surface area (Å²) in [5, 5.41) is 20.1. The first kappa shape index (κ1) is 25.3. The van der Waals surface area contributed by atoms with Crippen molar-refractivity contribution in [3.05, 3.63) is 57.6 Å². The van der Waals surface area contributed by atoms with Crippen molar-refractivity contribution < 1.29 is 14.6 Å². The zero-order valence-corrected chi connectivity index (χ0v) is 21.2. The van der Waals surface area contributed by atoms with Crippen LogP contribution in [0.4, 0.5) is 0 Å². The molecule has 0 spiro atoms. The summed E-state index contributed by atoms with van der Waals surface area (Å²) in [6.45, 7) is 16.5. The SMILES string of the molecule is CC(C)(C)c1cc(C(=O)N=C(N)N)c2c(c1)C(C)(C)c1cc(C(C)(C)C)cc(C(O)C#N)c1O2. The van der Waals surface area contributed by atoms with Crippen LogP contribution in [0.25, 0.3) is 0 Å². The Morgan fingerprint density at radius 1 is 1.00 bits per heavy atom. The van der Waals surface area contributed by atoms with Crippen LogP contribution in [-0.4, -0.2) is 17.0 Å². The van der Waals surface area contributed by atoms with E-state index in [4.69, 9.17) is 16.2 Å². The molecule has 7 heteroatoms. The summed E-state index contributed by atoms with van der Waals surface area (Å²) < 4.78 is 6.35. The molecule has 3 rings (SSSR count). The Kier molecular flexibility index (Phi) is 6.05. The van der Waals surface area contributed by atoms with Gasteiger partial charge in [0.2, 0.25) is 0 Å². The number of hydrogen-bond acceptors (Lipinski definition) is 4. The van der Waals surface area contributed by atoms with E-state index in [1.807, 2.05) is 19.9 Å². The van der Waals surface area contributed by atoms with Crippen molar-refractivity contribution in [3.63, 3.8) is 0 Å². The molecule has 1 unspecified atom stereocenters. The molecule has 1 heterocycles. The second-order valence-electron chi connectivity index (χ2n) is 11.4. The van der Waals surface area contributed by atoms with E-state index in [1.165, 1.54) is 0 Å². The molecule has 7 nitrogen and oxygen atoms in total. The average molecular weight is 463 g/mol. The third-order valence-corrected chi connectivity index (χ3v) is 6.37. The molecule has 180 valence electrons. The van der Waals surface area contributed by atoms with Gasteiger partial charge in [0, 0.05) is 22.1 Å². The Labute approximate surface area is 201 Å². The first-order valence-corrected chi connectivity index (χ1v) is 11.3. The van der Waals surface area contributed by atoms with Gasteiger partial charge in [-0.05, 0) is 34.1 Å². The Bertz CT molecular complexity index is 1230. The molecular formula is C27H34N4O3. The molecule has 2 aromatic carbocycles. The van der Waals surface area contributed by atoms with Gasteiger partial charge in [-0.3, -0.25) is 4.79 Å². The molecule has 1 aliphatic rings. The molecule has 0 aliphatic carbocycles. The van der Waals surface area contributed by atoms with E-state index in [0.717, 1.165) is 22.3 Å². The molecule has 0 saturated carbocycles. The third-order valence-electron chi connectivity index (χ3n) is 6.37. The highest BCUT2D eigenvalue weighted by Gasteiger charge is 2.40. The summed E-state index contributed by atoms with van der Waals surface area (Å²) in [6, 6.07) is 9.57. The maximum Gasteiger partial charge on any atom is 0.283 e. The maximum atomic E-state index is 13.1. The minimum atomic E-state index is -1.39. The van der Waals surface area contributed by atoms with Crippen molar-refractivity contribution in [3.8, 4) is 17.6 Å². The average Bonchev–Trinajstić information content (AvgIpc) is 2.70. The number of aliphatic imine (C=N–C) groups is 1. The Morgan fingerprint density at radius 2 is 1.50 bits per heavy atom. The lowest BCUT2D eigenvalue weighted by Gasteiger charge is -2.39. The number of aliphatic hydroxyl groups is 1. The van der Waals surface area contributed by atoms with Gasteiger partial charge in [-0.2, -0.15) is 10.3 Å². The minimum absolute atomic E-state index is 0.225. The number of nitrogens with zero attached hydrogens (tertiary/aromatic N) is 2. The number of nitrogens with two attached hydrogens (primary N) is 2. The van der Waals surface area contributed by atoms with Gasteiger partial charge in [0.25, 0.3) is 5.91 Å². The molecule has 0 aromatic heterocycles. The summed E-state index contributed by atoms with van der Waals surface area (Å²) in [6.07, 6.45) is -1.39. The number of amides is 1. The number of benzene rings is 2. The van der Waals surface area contributed by atoms with Crippen LogP contribution < -0.4 is 16.2 Å². The standard InChI is InChI=1S/C27H34N4O3/c1-25(2,3)14-9-16(20(32)13-28)21-18(11-14)27(7,8)19-12-15(26(4,5)6)10-17(22(19)34-21)23(33)31-24(29)30/h9-12,20,32H,1-8H3,(H4,29,30,31,33). The van der Waals surface area contributed by atoms with Crippen molar-refractivity contribution in [2.24, 2.45) is 16.5 Å². The number of fused-ring (bicyclic) bond motifs is 2. The number of hydrogen-bond donors (Lipinski definition) is 3. The quantitative estimate of drug-likeness (QED) is 0.337. The van der Waals surface area contributed by atoms with Crippen LogP contribution in [-0.2, 0) is 16.2 Å². The Balaban J connectivity index is 2.43. The summed E-state index contributed by atoms with van der Waals surface area (Å²) in [5.74, 6) is -0.252. The van der Waals surface area contributed by atoms with E-state index in [1.54, 1.807) is 12.1 Å². The van der Waals surface area contributed by atoms with Crippen LogP contribution in [0, 0.1) is 11.3 Å². The summed E-state index contributed by atoms with van der Waals surface area (Å²) in [5.41, 5.74) is 14.0. The van der Waals surface area contributed by atoms with Crippen LogP contribution in [0.15, 0.2) is 29.3 Å². The molecule has 5 N–H and O–H groups in total. The van der Waals surface area contributed by atoms with E-state index in [-0.39, 0.29) is 22.4 Å². The van der Waals surface area contributed by atoms with Gasteiger partial charge in [0.05, 0.1) is 11.6 Å². The number of carbonyl (C=O) groups excluding carboxylic acids is 1. The zero-order valence-electron chi connectivity index (χ0n) is 21.2. The smallest absolute Gasteiger partial charge is 0.283 e. The van der Waals surface area contributed by atoms with E-state index in [2.05, 4.69) is 58.7 Å². The van der Waals surface area contributed by atoms with Crippen LogP contribution >= 0.6 is 0 Å². The fourth-order valence-electron chi connectivity index (χ4n) is 4.15. The molecule has 0 saturated heterocycles. The van der Waals surface area contributed by atoms with Crippen molar-refractivity contribution in [1.82, 2.24) is 0 Å². The summed E-state index contributed by atoms with van der Waals surface area (Å²) >= 11 is 0. The number of carbonyl (C=O) groups is 1. The van der Waals surface area contributed by atoms with Crippen molar-refractivity contribution in [2.75, 3.05) is 0 Å². The number of guanidine groups is 1. The number of ether oxygens (including phenoxy) is 1. The van der Waals surface area contributed by atoms with E-state index < -0.39 is 17.4 Å². The molecule has 1 aliphatic heterocycles. The fraction of sp³-hybridized carbons (Fsp3) is 0.444. The van der Waals surface area contributed by atoms with E-state index >= 15 is 0 Å². The van der Waals surface area contributed by atoms with Gasteiger partial charge in [0.1, 0.15) is 11.5 Å². The van der Waals surface area contributed by atoms with Gasteiger partial charge >= 0.3 is 0 Å². The lowest BCUT2D eigenvalue weighted by Crippen LogP contribution is -2.29. The normalized spacial score (nSPS) is 15.3. The van der Waals surface area contributed by atoms with Gasteiger partial charge in [-0.1, -0.05) is 67.5 Å². The Morgan fingerprint density at radius 3 is 1.97 bits per heavy atom. The fourth-order valence-corrected chi connectivity index (χ4v) is 4.15. The van der Waals surface area contributed by atoms with Crippen molar-refractivity contribution in [2.45, 2.75) is 77.7 Å². The molecule has 0 radical (unpaired) electrons. The summed E-state index contributed by atoms with van der Waals surface area (Å²) in [4.78, 5) is 16.8. The number of rotatable bonds is 2. The van der Waals surface area contributed by atoms with Crippen LogP contribution in [0.1, 0.15) is 99.7 Å². The maximum absolute atomic E-state index is 13.1. The predicted molar refractivity (Wildman–Crippen MR) is 133 cm³/mol. The third kappa shape index (κ3) is 4.38. The molecule has 0 bridgehead atoms. The highest BCUT2D eigenvalue weighted by Crippen LogP contribution is 2.53. The number of aliphatic hydroxyl groups excluding tert-OH is 1. The molecule has 1 amide bonds. The van der Waals surface area contributed by atoms with Gasteiger partial charge < -0.3 is 21.3 Å². The minimum Gasteiger partial charge on any atom is -0.455 e. The number of nitriles is 1. The largest absolute Gasteiger partial charge is 0.455 e. The van der Waals surface area contributed by atoms with Crippen molar-refractivity contribution >= 4 is 11.9 Å². The lowest BCUT2D eigenvalue weighted by atomic mass is 9.70. The molecule has 1 atom stereocenters. The molecule has 34 heavy (non-hydrogen) atoms. The first-order chi connectivity index (χ1) is 15.5. The molecular weight excluding hydrogens is 428 g/mol. The topological polar surface area (TPSA) is 135 Å². The van der Waals surface area contributed by atoms with Crippen LogP contribution in [0.2, 0.25) is 0 Å². The lowest BCUT2D eigenvalue weighted by molar-refractivity contribution is 0.0999. The highest BCUT2D eigenvalue weighted by atomic mass is 16.5. The van der Waals surface area contributed by atoms with E-state index in [0.29, 0.717) is 17.1 Å². The van der Waals surface area contributed by atoms with Gasteiger partial charge in [-0.15, -0.1) is 0 Å². The predicted octanol–water partition coefficient (Wildman–Crippen LogP) is 4.68. The first-order valence-electron chi connectivity index (χ1n) is 11.3. The van der Waals surface area contributed by atoms with Crippen LogP contribution in [0.5, 0.6) is 11.5 Å². The second-order valence-corrected chi connectivity index (χ2v) is 11.4. The van der Waals surface area contributed by atoms with Crippen molar-refractivity contribution in [1.29, 1.82) is 5.26 Å². The molecule has 0 fully saturated rings. The highest BCUT2D eigenvalue weighted by molar-refractivity contribution is 6.04. The van der Waals surface area contributed by atoms with E-state index in [9.17, 15) is 15.2 Å². The zero-order chi connectivity index (χ0) is 25.8. The van der Waals surface area contributed by atoms with Gasteiger partial charge in [0.15, 0.2) is 12.1 Å². The summed E-state index contributed by atoms with van der Waals surface area (Å²) in [7, 11) is 0. The van der Waals surface area contributed by atoms with Crippen LogP contribution in [0.3, 0.4) is 0 Å². The molecule has 2 aromatic rings. The van der Waals surface area contributed by atoms with Gasteiger partial charge in [-0.25, -0.2) is 0 Å². The second kappa shape index (κ2) is 8.14. The monoisotopic (exact) mass is 462 g/mol. The Hall–Kier alpha value is -3.37.